The maximum absolute atomic E-state index is 11.9. The first kappa shape index (κ1) is 19.0. The van der Waals surface area contributed by atoms with Crippen LogP contribution in [-0.2, 0) is 32.3 Å². The van der Waals surface area contributed by atoms with Gasteiger partial charge in [-0.3, -0.25) is 0 Å². The highest BCUT2D eigenvalue weighted by molar-refractivity contribution is 6.30. The molecule has 25 heavy (non-hydrogen) atoms. The van der Waals surface area contributed by atoms with Crippen LogP contribution in [0.2, 0.25) is 10.0 Å². The Labute approximate surface area is 156 Å². The van der Waals surface area contributed by atoms with Gasteiger partial charge in [0.2, 0.25) is 0 Å². The zero-order valence-electron chi connectivity index (χ0n) is 13.5. The van der Waals surface area contributed by atoms with E-state index in [1.165, 1.54) is 6.92 Å². The summed E-state index contributed by atoms with van der Waals surface area (Å²) >= 11 is 11.6. The van der Waals surface area contributed by atoms with Crippen LogP contribution in [0.1, 0.15) is 18.1 Å². The molecule has 0 unspecified atom stereocenters. The highest BCUT2D eigenvalue weighted by Gasteiger charge is 2.09. The Balaban J connectivity index is 1.81. The number of carbonyl (C=O) groups excluding carboxylic acids is 2. The van der Waals surface area contributed by atoms with E-state index in [1.54, 1.807) is 48.5 Å². The number of hydrogen-bond acceptors (Lipinski definition) is 4. The Morgan fingerprint density at radius 1 is 0.840 bits per heavy atom. The summed E-state index contributed by atoms with van der Waals surface area (Å²) in [6.45, 7) is 1.69. The van der Waals surface area contributed by atoms with Crippen LogP contribution in [0.25, 0.3) is 0 Å². The normalized spacial score (nSPS) is 11.1. The zero-order chi connectivity index (χ0) is 18.2. The second kappa shape index (κ2) is 9.25. The van der Waals surface area contributed by atoms with Gasteiger partial charge in [-0.15, -0.1) is 0 Å². The summed E-state index contributed by atoms with van der Waals surface area (Å²) in [5, 5.41) is 1.21. The molecule has 2 aromatic carbocycles. The molecule has 6 heteroatoms. The fourth-order valence-electron chi connectivity index (χ4n) is 1.86. The number of halogens is 2. The van der Waals surface area contributed by atoms with Crippen molar-refractivity contribution < 1.29 is 19.1 Å². The van der Waals surface area contributed by atoms with Gasteiger partial charge in [0.05, 0.1) is 0 Å². The third-order valence-corrected chi connectivity index (χ3v) is 3.74. The second-order valence-corrected chi connectivity index (χ2v) is 6.14. The standard InChI is InChI=1S/C19H16Cl2O4/c1-13(19(23)25-12-15-4-8-17(21)9-5-15)10-18(22)24-11-14-2-6-16(20)7-3-14/h2-10H,11-12H2,1H3/b13-10-. The molecule has 0 amide bonds. The van der Waals surface area contributed by atoms with Gasteiger partial charge in [-0.1, -0.05) is 47.5 Å². The Morgan fingerprint density at radius 3 is 1.76 bits per heavy atom. The lowest BCUT2D eigenvalue weighted by Gasteiger charge is -2.06. The third kappa shape index (κ3) is 6.61. The molecule has 0 aliphatic heterocycles. The first-order valence-corrected chi connectivity index (χ1v) is 8.20. The summed E-state index contributed by atoms with van der Waals surface area (Å²) in [5.41, 5.74) is 1.76. The number of benzene rings is 2. The molecule has 0 aromatic heterocycles. The Hall–Kier alpha value is -2.30. The maximum atomic E-state index is 11.9. The maximum Gasteiger partial charge on any atom is 0.334 e. The minimum Gasteiger partial charge on any atom is -0.458 e. The summed E-state index contributed by atoms with van der Waals surface area (Å²) in [5.74, 6) is -1.20. The van der Waals surface area contributed by atoms with Crippen LogP contribution >= 0.6 is 23.2 Å². The topological polar surface area (TPSA) is 52.6 Å². The number of carbonyl (C=O) groups is 2. The molecule has 0 saturated heterocycles. The highest BCUT2D eigenvalue weighted by Crippen LogP contribution is 2.12. The van der Waals surface area contributed by atoms with Crippen molar-refractivity contribution >= 4 is 35.1 Å². The Bertz CT molecular complexity index is 765. The average Bonchev–Trinajstić information content (AvgIpc) is 2.60. The molecule has 2 rings (SSSR count). The molecule has 130 valence electrons. The van der Waals surface area contributed by atoms with Crippen LogP contribution < -0.4 is 0 Å². The van der Waals surface area contributed by atoms with Crippen LogP contribution in [0.4, 0.5) is 0 Å². The molecule has 0 spiro atoms. The van der Waals surface area contributed by atoms with E-state index in [9.17, 15) is 9.59 Å². The predicted octanol–water partition coefficient (Wildman–Crippen LogP) is 4.73. The number of rotatable bonds is 6. The van der Waals surface area contributed by atoms with Crippen LogP contribution in [-0.4, -0.2) is 11.9 Å². The largest absolute Gasteiger partial charge is 0.458 e. The third-order valence-electron chi connectivity index (χ3n) is 3.23. The minimum atomic E-state index is -0.615. The van der Waals surface area contributed by atoms with Crippen LogP contribution in [0.3, 0.4) is 0 Å². The molecule has 0 N–H and O–H groups in total. The fourth-order valence-corrected chi connectivity index (χ4v) is 2.11. The summed E-state index contributed by atoms with van der Waals surface area (Å²) in [4.78, 5) is 23.7. The molecule has 0 bridgehead atoms. The van der Waals surface area contributed by atoms with Crippen molar-refractivity contribution in [3.05, 3.63) is 81.4 Å². The lowest BCUT2D eigenvalue weighted by atomic mass is 10.2. The van der Waals surface area contributed by atoms with Gasteiger partial charge in [-0.2, -0.15) is 0 Å². The van der Waals surface area contributed by atoms with Gasteiger partial charge in [0.1, 0.15) is 13.2 Å². The van der Waals surface area contributed by atoms with E-state index in [0.717, 1.165) is 17.2 Å². The quantitative estimate of drug-likeness (QED) is 0.538. The van der Waals surface area contributed by atoms with Crippen LogP contribution in [0, 0.1) is 0 Å². The summed E-state index contributed by atoms with van der Waals surface area (Å²) in [6, 6.07) is 13.9. The summed E-state index contributed by atoms with van der Waals surface area (Å²) in [6.07, 6.45) is 1.11. The van der Waals surface area contributed by atoms with Gasteiger partial charge in [-0.05, 0) is 42.3 Å². The average molecular weight is 379 g/mol. The number of esters is 2. The number of ether oxygens (including phenoxy) is 2. The smallest absolute Gasteiger partial charge is 0.334 e. The SMILES string of the molecule is C/C(=C/C(=O)OCc1ccc(Cl)cc1)C(=O)OCc1ccc(Cl)cc1. The van der Waals surface area contributed by atoms with Crippen LogP contribution in [0.5, 0.6) is 0 Å². The highest BCUT2D eigenvalue weighted by atomic mass is 35.5. The lowest BCUT2D eigenvalue weighted by molar-refractivity contribution is -0.142. The first-order valence-electron chi connectivity index (χ1n) is 7.45. The summed E-state index contributed by atoms with van der Waals surface area (Å²) in [7, 11) is 0. The molecule has 0 saturated carbocycles. The predicted molar refractivity (Wildman–Crippen MR) is 96.3 cm³/mol. The Morgan fingerprint density at radius 2 is 1.28 bits per heavy atom. The van der Waals surface area contributed by atoms with Crippen molar-refractivity contribution in [3.63, 3.8) is 0 Å². The van der Waals surface area contributed by atoms with Gasteiger partial charge in [0, 0.05) is 21.7 Å². The van der Waals surface area contributed by atoms with Crippen molar-refractivity contribution in [3.8, 4) is 0 Å². The molecule has 0 aliphatic rings. The molecule has 2 aromatic rings. The van der Waals surface area contributed by atoms with Gasteiger partial charge >= 0.3 is 11.9 Å². The van der Waals surface area contributed by atoms with E-state index < -0.39 is 11.9 Å². The molecule has 0 atom stereocenters. The molecule has 4 nitrogen and oxygen atoms in total. The van der Waals surface area contributed by atoms with E-state index in [2.05, 4.69) is 0 Å². The van der Waals surface area contributed by atoms with Crippen molar-refractivity contribution in [1.29, 1.82) is 0 Å². The molecular weight excluding hydrogens is 363 g/mol. The van der Waals surface area contributed by atoms with Crippen molar-refractivity contribution in [1.82, 2.24) is 0 Å². The van der Waals surface area contributed by atoms with Gasteiger partial charge < -0.3 is 9.47 Å². The van der Waals surface area contributed by atoms with Crippen LogP contribution in [0.15, 0.2) is 60.2 Å². The van der Waals surface area contributed by atoms with Crippen molar-refractivity contribution in [2.75, 3.05) is 0 Å². The van der Waals surface area contributed by atoms with Crippen molar-refractivity contribution in [2.45, 2.75) is 20.1 Å². The molecule has 0 radical (unpaired) electrons. The van der Waals surface area contributed by atoms with Gasteiger partial charge in [0.15, 0.2) is 0 Å². The fraction of sp³-hybridized carbons (Fsp3) is 0.158. The molecule has 0 fully saturated rings. The van der Waals surface area contributed by atoms with Crippen molar-refractivity contribution in [2.24, 2.45) is 0 Å². The second-order valence-electron chi connectivity index (χ2n) is 5.26. The van der Waals surface area contributed by atoms with E-state index in [-0.39, 0.29) is 18.8 Å². The van der Waals surface area contributed by atoms with Gasteiger partial charge in [0.25, 0.3) is 0 Å². The van der Waals surface area contributed by atoms with Gasteiger partial charge in [-0.25, -0.2) is 9.59 Å². The zero-order valence-corrected chi connectivity index (χ0v) is 15.0. The minimum absolute atomic E-state index is 0.0968. The molecule has 0 aliphatic carbocycles. The van der Waals surface area contributed by atoms with E-state index in [4.69, 9.17) is 32.7 Å². The van der Waals surface area contributed by atoms with E-state index >= 15 is 0 Å². The molecule has 0 heterocycles. The molecular formula is C19H16Cl2O4. The van der Waals surface area contributed by atoms with E-state index in [1.807, 2.05) is 0 Å². The lowest BCUT2D eigenvalue weighted by Crippen LogP contribution is -2.09. The van der Waals surface area contributed by atoms with E-state index in [0.29, 0.717) is 10.0 Å². The Kier molecular flexibility index (Phi) is 7.04. The summed E-state index contributed by atoms with van der Waals surface area (Å²) < 4.78 is 10.2. The number of hydrogen-bond donors (Lipinski definition) is 0. The monoisotopic (exact) mass is 378 g/mol. The first-order chi connectivity index (χ1) is 11.9.